The standard InChI is InChI=1S/C16H22O4/c17-15(13-7-3-1-4-8-13)19-11-12-20-16(18)14-9-5-2-6-10-14/h1-3,5,13-14H,4,6-12H2/t13-,14-/m0/s1. The minimum absolute atomic E-state index is 0.0285. The molecule has 0 aliphatic heterocycles. The van der Waals surface area contributed by atoms with E-state index in [9.17, 15) is 9.59 Å². The molecule has 0 amide bonds. The minimum atomic E-state index is -0.175. The molecule has 0 spiro atoms. The maximum Gasteiger partial charge on any atom is 0.309 e. The molecule has 0 aromatic carbocycles. The molecule has 2 atom stereocenters. The van der Waals surface area contributed by atoms with Crippen molar-refractivity contribution < 1.29 is 19.1 Å². The van der Waals surface area contributed by atoms with E-state index in [0.717, 1.165) is 38.5 Å². The Balaban J connectivity index is 1.58. The fourth-order valence-electron chi connectivity index (χ4n) is 2.54. The summed E-state index contributed by atoms with van der Waals surface area (Å²) in [5.74, 6) is -0.407. The van der Waals surface area contributed by atoms with Crippen LogP contribution in [0.4, 0.5) is 0 Å². The number of allylic oxidation sites excluding steroid dienone is 4. The molecule has 4 heteroatoms. The van der Waals surface area contributed by atoms with Crippen molar-refractivity contribution in [3.05, 3.63) is 24.3 Å². The molecule has 0 unspecified atom stereocenters. The van der Waals surface area contributed by atoms with E-state index in [1.165, 1.54) is 0 Å². The predicted octanol–water partition coefficient (Wildman–Crippen LogP) is 2.79. The fourth-order valence-corrected chi connectivity index (χ4v) is 2.54. The van der Waals surface area contributed by atoms with Crippen LogP contribution in [-0.2, 0) is 19.1 Å². The predicted molar refractivity (Wildman–Crippen MR) is 74.9 cm³/mol. The Labute approximate surface area is 119 Å². The van der Waals surface area contributed by atoms with E-state index in [2.05, 4.69) is 12.2 Å². The van der Waals surface area contributed by atoms with Gasteiger partial charge in [-0.05, 0) is 38.5 Å². The molecule has 0 aromatic heterocycles. The first kappa shape index (κ1) is 14.8. The Morgan fingerprint density at radius 1 is 0.800 bits per heavy atom. The van der Waals surface area contributed by atoms with Crippen LogP contribution in [0.1, 0.15) is 38.5 Å². The van der Waals surface area contributed by atoms with Gasteiger partial charge in [0.15, 0.2) is 0 Å². The molecule has 0 aromatic rings. The third-order valence-corrected chi connectivity index (χ3v) is 3.78. The van der Waals surface area contributed by atoms with Crippen LogP contribution in [-0.4, -0.2) is 25.2 Å². The van der Waals surface area contributed by atoms with Gasteiger partial charge >= 0.3 is 11.9 Å². The summed E-state index contributed by atoms with van der Waals surface area (Å²) in [6, 6.07) is 0. The monoisotopic (exact) mass is 278 g/mol. The highest BCUT2D eigenvalue weighted by atomic mass is 16.6. The second kappa shape index (κ2) is 7.88. The van der Waals surface area contributed by atoms with Crippen molar-refractivity contribution >= 4 is 11.9 Å². The van der Waals surface area contributed by atoms with E-state index >= 15 is 0 Å². The Bertz CT molecular complexity index is 359. The van der Waals surface area contributed by atoms with Crippen molar-refractivity contribution in [2.75, 3.05) is 13.2 Å². The van der Waals surface area contributed by atoms with E-state index in [1.54, 1.807) is 0 Å². The van der Waals surface area contributed by atoms with Crippen molar-refractivity contribution in [3.8, 4) is 0 Å². The van der Waals surface area contributed by atoms with E-state index in [1.807, 2.05) is 12.2 Å². The zero-order valence-electron chi connectivity index (χ0n) is 11.8. The normalized spacial score (nSPS) is 25.2. The summed E-state index contributed by atoms with van der Waals surface area (Å²) in [4.78, 5) is 23.5. The molecule has 0 heterocycles. The highest BCUT2D eigenvalue weighted by Gasteiger charge is 2.21. The van der Waals surface area contributed by atoms with Gasteiger partial charge in [-0.25, -0.2) is 0 Å². The summed E-state index contributed by atoms with van der Waals surface area (Å²) in [7, 11) is 0. The molecule has 0 N–H and O–H groups in total. The lowest BCUT2D eigenvalue weighted by Gasteiger charge is -2.18. The van der Waals surface area contributed by atoms with Crippen molar-refractivity contribution in [3.63, 3.8) is 0 Å². The quantitative estimate of drug-likeness (QED) is 0.441. The molecule has 0 bridgehead atoms. The van der Waals surface area contributed by atoms with Crippen molar-refractivity contribution in [2.45, 2.75) is 38.5 Å². The van der Waals surface area contributed by atoms with Crippen LogP contribution >= 0.6 is 0 Å². The Kier molecular flexibility index (Phi) is 5.84. The minimum Gasteiger partial charge on any atom is -0.462 e. The third-order valence-electron chi connectivity index (χ3n) is 3.78. The number of ether oxygens (including phenoxy) is 2. The topological polar surface area (TPSA) is 52.6 Å². The molecule has 2 rings (SSSR count). The van der Waals surface area contributed by atoms with E-state index in [-0.39, 0.29) is 37.0 Å². The molecule has 4 nitrogen and oxygen atoms in total. The summed E-state index contributed by atoms with van der Waals surface area (Å²) < 4.78 is 10.3. The summed E-state index contributed by atoms with van der Waals surface area (Å²) in [6.45, 7) is 0.320. The molecule has 2 aliphatic rings. The Morgan fingerprint density at radius 3 is 1.60 bits per heavy atom. The lowest BCUT2D eigenvalue weighted by molar-refractivity contribution is -0.157. The first-order valence-corrected chi connectivity index (χ1v) is 7.40. The number of hydrogen-bond acceptors (Lipinski definition) is 4. The molecular formula is C16H22O4. The number of rotatable bonds is 5. The van der Waals surface area contributed by atoms with Gasteiger partial charge in [0, 0.05) is 0 Å². The van der Waals surface area contributed by atoms with Crippen LogP contribution in [0.15, 0.2) is 24.3 Å². The molecule has 0 radical (unpaired) electrons. The Morgan fingerprint density at radius 2 is 1.25 bits per heavy atom. The number of carbonyl (C=O) groups is 2. The average molecular weight is 278 g/mol. The zero-order chi connectivity index (χ0) is 14.2. The highest BCUT2D eigenvalue weighted by Crippen LogP contribution is 2.20. The molecular weight excluding hydrogens is 256 g/mol. The second-order valence-electron chi connectivity index (χ2n) is 5.30. The van der Waals surface area contributed by atoms with Gasteiger partial charge in [-0.2, -0.15) is 0 Å². The van der Waals surface area contributed by atoms with Crippen LogP contribution in [0.25, 0.3) is 0 Å². The molecule has 0 saturated carbocycles. The lowest BCUT2D eigenvalue weighted by atomic mass is 9.95. The van der Waals surface area contributed by atoms with E-state index in [4.69, 9.17) is 9.47 Å². The molecule has 0 saturated heterocycles. The maximum absolute atomic E-state index is 11.7. The van der Waals surface area contributed by atoms with Crippen LogP contribution < -0.4 is 0 Å². The van der Waals surface area contributed by atoms with Crippen LogP contribution in [0.2, 0.25) is 0 Å². The van der Waals surface area contributed by atoms with Gasteiger partial charge in [-0.15, -0.1) is 0 Å². The smallest absolute Gasteiger partial charge is 0.309 e. The van der Waals surface area contributed by atoms with Crippen LogP contribution in [0, 0.1) is 11.8 Å². The van der Waals surface area contributed by atoms with E-state index in [0.29, 0.717) is 0 Å². The average Bonchev–Trinajstić information content (AvgIpc) is 2.53. The first-order chi connectivity index (χ1) is 9.77. The lowest BCUT2D eigenvalue weighted by Crippen LogP contribution is -2.23. The van der Waals surface area contributed by atoms with Gasteiger partial charge in [-0.1, -0.05) is 24.3 Å². The van der Waals surface area contributed by atoms with Gasteiger partial charge < -0.3 is 9.47 Å². The van der Waals surface area contributed by atoms with Gasteiger partial charge in [0.1, 0.15) is 13.2 Å². The Hall–Kier alpha value is -1.58. The van der Waals surface area contributed by atoms with Gasteiger partial charge in [0.25, 0.3) is 0 Å². The summed E-state index contributed by atoms with van der Waals surface area (Å²) in [5, 5.41) is 0. The SMILES string of the molecule is O=C(OCCOC(=O)[C@H]1CC=CCC1)[C@H]1CC=CCC1. The van der Waals surface area contributed by atoms with Gasteiger partial charge in [0.2, 0.25) is 0 Å². The number of hydrogen-bond donors (Lipinski definition) is 0. The van der Waals surface area contributed by atoms with Crippen molar-refractivity contribution in [1.29, 1.82) is 0 Å². The maximum atomic E-state index is 11.7. The second-order valence-corrected chi connectivity index (χ2v) is 5.30. The van der Waals surface area contributed by atoms with Gasteiger partial charge in [0.05, 0.1) is 11.8 Å². The van der Waals surface area contributed by atoms with Crippen LogP contribution in [0.3, 0.4) is 0 Å². The van der Waals surface area contributed by atoms with Crippen molar-refractivity contribution in [1.82, 2.24) is 0 Å². The van der Waals surface area contributed by atoms with Crippen molar-refractivity contribution in [2.24, 2.45) is 11.8 Å². The summed E-state index contributed by atoms with van der Waals surface area (Å²) >= 11 is 0. The first-order valence-electron chi connectivity index (χ1n) is 7.40. The number of carbonyl (C=O) groups excluding carboxylic acids is 2. The molecule has 20 heavy (non-hydrogen) atoms. The third kappa shape index (κ3) is 4.51. The fraction of sp³-hybridized carbons (Fsp3) is 0.625. The zero-order valence-corrected chi connectivity index (χ0v) is 11.8. The largest absolute Gasteiger partial charge is 0.462 e. The molecule has 2 aliphatic carbocycles. The van der Waals surface area contributed by atoms with Crippen LogP contribution in [0.5, 0.6) is 0 Å². The van der Waals surface area contributed by atoms with E-state index < -0.39 is 0 Å². The number of esters is 2. The van der Waals surface area contributed by atoms with Gasteiger partial charge in [-0.3, -0.25) is 9.59 Å². The molecule has 0 fully saturated rings. The summed E-state index contributed by atoms with van der Waals surface area (Å²) in [6.07, 6.45) is 13.3. The highest BCUT2D eigenvalue weighted by molar-refractivity contribution is 5.73. The molecule has 110 valence electrons. The summed E-state index contributed by atoms with van der Waals surface area (Å²) in [5.41, 5.74) is 0.